The minimum Gasteiger partial charge on any atom is -0.478 e. The summed E-state index contributed by atoms with van der Waals surface area (Å²) in [6.07, 6.45) is 2.94. The van der Waals surface area contributed by atoms with Crippen molar-refractivity contribution in [1.29, 1.82) is 0 Å². The van der Waals surface area contributed by atoms with Crippen molar-refractivity contribution in [2.45, 2.75) is 51.0 Å². The Labute approximate surface area is 248 Å². The quantitative estimate of drug-likeness (QED) is 0.281. The van der Waals surface area contributed by atoms with E-state index in [2.05, 4.69) is 14.8 Å². The maximum absolute atomic E-state index is 14.5. The number of nitrogens with zero attached hydrogens (tertiary/aromatic N) is 4. The molecule has 0 bridgehead atoms. The minimum absolute atomic E-state index is 0.00953. The highest BCUT2D eigenvalue weighted by atomic mass is 19.1. The number of hydrogen-bond donors (Lipinski definition) is 2. The van der Waals surface area contributed by atoms with Crippen LogP contribution >= 0.6 is 0 Å². The van der Waals surface area contributed by atoms with E-state index in [1.54, 1.807) is 36.4 Å². The number of carboxylic acids is 1. The molecule has 6 rings (SSSR count). The Hall–Kier alpha value is -4.35. The Balaban J connectivity index is 1.09. The SMILES string of the molecule is CNC(=O)c1ccc(COc2cccc(C3CCN(Cc4nc5ccc(C(=O)O)cc5n4CC4CCO4)CC3)n2)c(F)c1. The Morgan fingerprint density at radius 1 is 1.07 bits per heavy atom. The zero-order valence-corrected chi connectivity index (χ0v) is 24.0. The number of hydrogen-bond acceptors (Lipinski definition) is 7. The van der Waals surface area contributed by atoms with E-state index in [4.69, 9.17) is 19.4 Å². The van der Waals surface area contributed by atoms with Crippen molar-refractivity contribution < 1.29 is 28.6 Å². The molecular formula is C32H34FN5O5. The van der Waals surface area contributed by atoms with Crippen molar-refractivity contribution >= 4 is 22.9 Å². The fourth-order valence-corrected chi connectivity index (χ4v) is 5.69. The zero-order chi connectivity index (χ0) is 29.9. The van der Waals surface area contributed by atoms with Gasteiger partial charge in [0.15, 0.2) is 0 Å². The first-order valence-corrected chi connectivity index (χ1v) is 14.5. The predicted octanol–water partition coefficient (Wildman–Crippen LogP) is 4.38. The summed E-state index contributed by atoms with van der Waals surface area (Å²) < 4.78 is 28.1. The first-order valence-electron chi connectivity index (χ1n) is 14.5. The van der Waals surface area contributed by atoms with Gasteiger partial charge in [-0.2, -0.15) is 0 Å². The zero-order valence-electron chi connectivity index (χ0n) is 24.0. The average Bonchev–Trinajstić information content (AvgIpc) is 3.34. The van der Waals surface area contributed by atoms with Gasteiger partial charge in [0.25, 0.3) is 5.91 Å². The number of halogens is 1. The monoisotopic (exact) mass is 587 g/mol. The number of carbonyl (C=O) groups is 2. The standard InChI is InChI=1S/C32H34FN5O5/c1-34-31(39)21-5-6-23(25(33)15-21)19-43-30-4-2-3-26(36-30)20-9-12-37(13-10-20)18-29-35-27-8-7-22(32(40)41)16-28(27)38(29)17-24-11-14-42-24/h2-8,15-16,20,24H,9-14,17-19H2,1H3,(H,34,39)(H,40,41). The third kappa shape index (κ3) is 6.37. The number of aromatic carboxylic acids is 1. The first kappa shape index (κ1) is 28.8. The summed E-state index contributed by atoms with van der Waals surface area (Å²) in [5, 5.41) is 12.0. The highest BCUT2D eigenvalue weighted by Gasteiger charge is 2.26. The van der Waals surface area contributed by atoms with Gasteiger partial charge in [-0.3, -0.25) is 9.69 Å². The van der Waals surface area contributed by atoms with Crippen molar-refractivity contribution in [3.63, 3.8) is 0 Å². The van der Waals surface area contributed by atoms with Crippen LogP contribution in [0.4, 0.5) is 4.39 Å². The minimum atomic E-state index is -0.954. The molecule has 2 aromatic carbocycles. The van der Waals surface area contributed by atoms with Crippen molar-refractivity contribution in [2.24, 2.45) is 0 Å². The van der Waals surface area contributed by atoms with E-state index < -0.39 is 11.8 Å². The number of carbonyl (C=O) groups excluding carboxylic acids is 1. The molecule has 1 unspecified atom stereocenters. The van der Waals surface area contributed by atoms with Crippen LogP contribution in [0.5, 0.6) is 5.88 Å². The number of rotatable bonds is 10. The van der Waals surface area contributed by atoms with E-state index in [9.17, 15) is 19.1 Å². The maximum atomic E-state index is 14.5. The molecule has 2 aliphatic heterocycles. The lowest BCUT2D eigenvalue weighted by molar-refractivity contribution is -0.0592. The van der Waals surface area contributed by atoms with Crippen molar-refractivity contribution in [2.75, 3.05) is 26.7 Å². The van der Waals surface area contributed by atoms with Crippen molar-refractivity contribution in [3.05, 3.63) is 88.6 Å². The lowest BCUT2D eigenvalue weighted by Crippen LogP contribution is -2.35. The fourth-order valence-electron chi connectivity index (χ4n) is 5.69. The Morgan fingerprint density at radius 3 is 2.56 bits per heavy atom. The van der Waals surface area contributed by atoms with E-state index in [1.165, 1.54) is 13.1 Å². The lowest BCUT2D eigenvalue weighted by atomic mass is 9.93. The molecule has 43 heavy (non-hydrogen) atoms. The smallest absolute Gasteiger partial charge is 0.335 e. The van der Waals surface area contributed by atoms with Gasteiger partial charge in [-0.05, 0) is 68.8 Å². The molecule has 0 aliphatic carbocycles. The number of pyridine rings is 1. The van der Waals surface area contributed by atoms with E-state index in [-0.39, 0.29) is 35.7 Å². The van der Waals surface area contributed by atoms with E-state index in [1.807, 2.05) is 12.1 Å². The number of aromatic nitrogens is 3. The van der Waals surface area contributed by atoms with Gasteiger partial charge in [0.2, 0.25) is 5.88 Å². The number of benzene rings is 2. The molecule has 0 spiro atoms. The van der Waals surface area contributed by atoms with Crippen LogP contribution in [0.2, 0.25) is 0 Å². The fraction of sp³-hybridized carbons (Fsp3) is 0.375. The molecule has 2 saturated heterocycles. The summed E-state index contributed by atoms with van der Waals surface area (Å²) in [4.78, 5) is 35.3. The predicted molar refractivity (Wildman–Crippen MR) is 157 cm³/mol. The van der Waals surface area contributed by atoms with E-state index in [0.717, 1.165) is 61.5 Å². The largest absolute Gasteiger partial charge is 0.478 e. The van der Waals surface area contributed by atoms with Gasteiger partial charge in [-0.25, -0.2) is 19.2 Å². The number of ether oxygens (including phenoxy) is 2. The molecule has 0 radical (unpaired) electrons. The van der Waals surface area contributed by atoms with Crippen LogP contribution in [0, 0.1) is 5.82 Å². The molecule has 2 aliphatic rings. The Morgan fingerprint density at radius 2 is 1.86 bits per heavy atom. The summed E-state index contributed by atoms with van der Waals surface area (Å²) in [7, 11) is 1.50. The molecule has 1 amide bonds. The maximum Gasteiger partial charge on any atom is 0.335 e. The molecule has 224 valence electrons. The molecule has 4 heterocycles. The second-order valence-corrected chi connectivity index (χ2v) is 11.1. The van der Waals surface area contributed by atoms with Gasteiger partial charge in [0.1, 0.15) is 18.2 Å². The second-order valence-electron chi connectivity index (χ2n) is 11.1. The molecule has 4 aromatic rings. The third-order valence-corrected chi connectivity index (χ3v) is 8.29. The highest BCUT2D eigenvalue weighted by Crippen LogP contribution is 2.30. The van der Waals surface area contributed by atoms with Gasteiger partial charge in [-0.15, -0.1) is 0 Å². The summed E-state index contributed by atoms with van der Waals surface area (Å²) in [6, 6.07) is 15.1. The van der Waals surface area contributed by atoms with E-state index >= 15 is 0 Å². The van der Waals surface area contributed by atoms with Gasteiger partial charge >= 0.3 is 5.97 Å². The number of carboxylic acid groups (broad SMARTS) is 1. The van der Waals surface area contributed by atoms with Crippen LogP contribution < -0.4 is 10.1 Å². The number of amides is 1. The molecule has 0 saturated carbocycles. The molecule has 2 N–H and O–H groups in total. The topological polar surface area (TPSA) is 119 Å². The van der Waals surface area contributed by atoms with Crippen LogP contribution in [-0.2, 0) is 24.4 Å². The molecule has 2 fully saturated rings. The highest BCUT2D eigenvalue weighted by molar-refractivity contribution is 5.94. The second kappa shape index (κ2) is 12.5. The molecule has 11 heteroatoms. The molecular weight excluding hydrogens is 553 g/mol. The lowest BCUT2D eigenvalue weighted by Gasteiger charge is -2.32. The van der Waals surface area contributed by atoms with Crippen molar-refractivity contribution in [3.8, 4) is 5.88 Å². The number of likely N-dealkylation sites (tertiary alicyclic amines) is 1. The van der Waals surface area contributed by atoms with Gasteiger partial charge < -0.3 is 24.5 Å². The van der Waals surface area contributed by atoms with Crippen LogP contribution in [0.1, 0.15) is 63.0 Å². The number of piperidine rings is 1. The first-order chi connectivity index (χ1) is 20.9. The van der Waals surface area contributed by atoms with Gasteiger partial charge in [0, 0.05) is 42.5 Å². The van der Waals surface area contributed by atoms with Crippen molar-refractivity contribution in [1.82, 2.24) is 24.8 Å². The number of nitrogens with one attached hydrogen (secondary N) is 1. The average molecular weight is 588 g/mol. The van der Waals surface area contributed by atoms with Gasteiger partial charge in [-0.1, -0.05) is 12.1 Å². The van der Waals surface area contributed by atoms with E-state index in [0.29, 0.717) is 24.5 Å². The molecule has 1 atom stereocenters. The summed E-state index contributed by atoms with van der Waals surface area (Å²) in [5.41, 5.74) is 3.41. The normalized spacial score (nSPS) is 17.5. The third-order valence-electron chi connectivity index (χ3n) is 8.29. The van der Waals surface area contributed by atoms with Crippen LogP contribution in [-0.4, -0.2) is 69.3 Å². The number of imidazole rings is 1. The Bertz CT molecular complexity index is 1640. The van der Waals surface area contributed by atoms with Crippen LogP contribution in [0.3, 0.4) is 0 Å². The summed E-state index contributed by atoms with van der Waals surface area (Å²) >= 11 is 0. The Kier molecular flexibility index (Phi) is 8.35. The molecule has 2 aromatic heterocycles. The van der Waals surface area contributed by atoms with Gasteiger partial charge in [0.05, 0.1) is 35.8 Å². The number of fused-ring (bicyclic) bond motifs is 1. The summed E-state index contributed by atoms with van der Waals surface area (Å²) in [6.45, 7) is 3.81. The molecule has 10 nitrogen and oxygen atoms in total. The van der Waals surface area contributed by atoms with Crippen LogP contribution in [0.25, 0.3) is 11.0 Å². The summed E-state index contributed by atoms with van der Waals surface area (Å²) in [5.74, 6) is -0.185. The van der Waals surface area contributed by atoms with Crippen LogP contribution in [0.15, 0.2) is 54.6 Å².